The third-order valence-electron chi connectivity index (χ3n) is 1.99. The highest BCUT2D eigenvalue weighted by Gasteiger charge is 2.15. The van der Waals surface area contributed by atoms with E-state index in [4.69, 9.17) is 15.4 Å². The molecule has 2 N–H and O–H groups in total. The van der Waals surface area contributed by atoms with E-state index in [1.54, 1.807) is 7.11 Å². The predicted octanol–water partition coefficient (Wildman–Crippen LogP) is 0.709. The maximum atomic E-state index is 11.5. The molecule has 8 heteroatoms. The maximum absolute atomic E-state index is 11.5. The average molecular weight is 281 g/mol. The highest BCUT2D eigenvalue weighted by Crippen LogP contribution is 2.15. The number of methoxy groups -OCH3 is 1. The number of halogens is 1. The van der Waals surface area contributed by atoms with E-state index < -0.39 is 9.05 Å². The molecule has 0 unspecified atom stereocenters. The molecule has 0 fully saturated rings. The number of ether oxygens (including phenoxy) is 1. The van der Waals surface area contributed by atoms with Crippen LogP contribution in [0.2, 0.25) is 0 Å². The third kappa shape index (κ3) is 4.37. The van der Waals surface area contributed by atoms with Gasteiger partial charge in [-0.25, -0.2) is 8.42 Å². The van der Waals surface area contributed by atoms with E-state index in [0.29, 0.717) is 19.6 Å². The van der Waals surface area contributed by atoms with Crippen LogP contribution in [-0.4, -0.2) is 39.6 Å². The molecule has 1 heterocycles. The first kappa shape index (κ1) is 14.0. The van der Waals surface area contributed by atoms with Crippen molar-refractivity contribution in [1.29, 1.82) is 0 Å². The van der Waals surface area contributed by atoms with E-state index in [2.05, 4.69) is 10.3 Å². The van der Waals surface area contributed by atoms with Crippen LogP contribution in [0, 0.1) is 0 Å². The molecule has 0 saturated heterocycles. The molecule has 0 bridgehead atoms. The molecule has 96 valence electrons. The molecule has 0 spiro atoms. The Balaban J connectivity index is 2.56. The predicted molar refractivity (Wildman–Crippen MR) is 62.7 cm³/mol. The largest absolute Gasteiger partial charge is 0.385 e. The van der Waals surface area contributed by atoms with Crippen LogP contribution in [0.4, 0.5) is 0 Å². The number of amides is 1. The normalized spacial score (nSPS) is 11.4. The molecule has 0 saturated carbocycles. The molecule has 0 aliphatic rings. The van der Waals surface area contributed by atoms with Crippen LogP contribution >= 0.6 is 10.7 Å². The highest BCUT2D eigenvalue weighted by molar-refractivity contribution is 8.13. The van der Waals surface area contributed by atoms with E-state index in [-0.39, 0.29) is 16.5 Å². The zero-order chi connectivity index (χ0) is 12.9. The Morgan fingerprint density at radius 1 is 1.59 bits per heavy atom. The van der Waals surface area contributed by atoms with Crippen molar-refractivity contribution in [1.82, 2.24) is 10.3 Å². The summed E-state index contributed by atoms with van der Waals surface area (Å²) < 4.78 is 26.8. The second kappa shape index (κ2) is 6.04. The molecule has 1 amide bonds. The van der Waals surface area contributed by atoms with Crippen molar-refractivity contribution in [3.8, 4) is 0 Å². The fourth-order valence-corrected chi connectivity index (χ4v) is 1.89. The molecule has 0 aliphatic carbocycles. The Bertz CT molecular complexity index is 483. The number of aromatic amines is 1. The number of H-pyrrole nitrogens is 1. The Labute approximate surface area is 104 Å². The first-order valence-corrected chi connectivity index (χ1v) is 7.16. The van der Waals surface area contributed by atoms with Gasteiger partial charge in [-0.2, -0.15) is 0 Å². The monoisotopic (exact) mass is 280 g/mol. The second-order valence-electron chi connectivity index (χ2n) is 3.29. The van der Waals surface area contributed by atoms with Gasteiger partial charge in [0.15, 0.2) is 0 Å². The van der Waals surface area contributed by atoms with Crippen LogP contribution in [0.15, 0.2) is 17.2 Å². The maximum Gasteiger partial charge on any atom is 0.267 e. The summed E-state index contributed by atoms with van der Waals surface area (Å²) in [5.74, 6) is -0.382. The number of nitrogens with one attached hydrogen (secondary N) is 2. The molecule has 0 radical (unpaired) electrons. The summed E-state index contributed by atoms with van der Waals surface area (Å²) in [6.07, 6.45) is 1.86. The minimum Gasteiger partial charge on any atom is -0.385 e. The average Bonchev–Trinajstić information content (AvgIpc) is 2.72. The zero-order valence-corrected chi connectivity index (χ0v) is 10.8. The molecular formula is C9H13ClN2O4S. The van der Waals surface area contributed by atoms with Crippen molar-refractivity contribution in [2.75, 3.05) is 20.3 Å². The topological polar surface area (TPSA) is 88.3 Å². The lowest BCUT2D eigenvalue weighted by molar-refractivity contribution is 0.0944. The van der Waals surface area contributed by atoms with Gasteiger partial charge in [0, 0.05) is 37.1 Å². The lowest BCUT2D eigenvalue weighted by atomic mass is 10.4. The molecule has 1 rings (SSSR count). The summed E-state index contributed by atoms with van der Waals surface area (Å²) in [5, 5.41) is 2.61. The van der Waals surface area contributed by atoms with Gasteiger partial charge in [-0.05, 0) is 12.5 Å². The van der Waals surface area contributed by atoms with Crippen LogP contribution in [0.25, 0.3) is 0 Å². The minimum absolute atomic E-state index is 0.124. The van der Waals surface area contributed by atoms with Gasteiger partial charge < -0.3 is 15.0 Å². The van der Waals surface area contributed by atoms with Gasteiger partial charge in [0.1, 0.15) is 10.6 Å². The summed E-state index contributed by atoms with van der Waals surface area (Å²) in [5.41, 5.74) is 0.154. The fourth-order valence-electron chi connectivity index (χ4n) is 1.16. The molecule has 1 aromatic rings. The van der Waals surface area contributed by atoms with Gasteiger partial charge in [0.05, 0.1) is 0 Å². The molecule has 17 heavy (non-hydrogen) atoms. The van der Waals surface area contributed by atoms with Gasteiger partial charge in [0.2, 0.25) is 0 Å². The van der Waals surface area contributed by atoms with Gasteiger partial charge >= 0.3 is 0 Å². The van der Waals surface area contributed by atoms with Crippen molar-refractivity contribution in [3.05, 3.63) is 18.0 Å². The Morgan fingerprint density at radius 2 is 2.29 bits per heavy atom. The minimum atomic E-state index is -3.80. The number of carbonyl (C=O) groups excluding carboxylic acids is 1. The third-order valence-corrected chi connectivity index (χ3v) is 3.33. The first-order chi connectivity index (χ1) is 7.95. The zero-order valence-electron chi connectivity index (χ0n) is 9.20. The standard InChI is InChI=1S/C9H13ClN2O4S/c1-16-4-2-3-11-9(13)8-5-7(6-12-8)17(10,14)15/h5-6,12H,2-4H2,1H3,(H,11,13). The Morgan fingerprint density at radius 3 is 2.82 bits per heavy atom. The van der Waals surface area contributed by atoms with Crippen molar-refractivity contribution in [3.63, 3.8) is 0 Å². The Kier molecular flexibility index (Phi) is 4.98. The SMILES string of the molecule is COCCCNC(=O)c1cc(S(=O)(=O)Cl)c[nH]1. The van der Waals surface area contributed by atoms with Crippen LogP contribution in [0.1, 0.15) is 16.9 Å². The summed E-state index contributed by atoms with van der Waals surface area (Å²) >= 11 is 0. The van der Waals surface area contributed by atoms with Crippen LogP contribution in [-0.2, 0) is 13.8 Å². The number of hydrogen-bond donors (Lipinski definition) is 2. The highest BCUT2D eigenvalue weighted by atomic mass is 35.7. The van der Waals surface area contributed by atoms with E-state index in [1.165, 1.54) is 12.3 Å². The van der Waals surface area contributed by atoms with E-state index >= 15 is 0 Å². The van der Waals surface area contributed by atoms with Gasteiger partial charge in [-0.3, -0.25) is 4.79 Å². The number of carbonyl (C=O) groups is 1. The van der Waals surface area contributed by atoms with Gasteiger partial charge in [0.25, 0.3) is 15.0 Å². The van der Waals surface area contributed by atoms with Crippen molar-refractivity contribution < 1.29 is 17.9 Å². The van der Waals surface area contributed by atoms with E-state index in [9.17, 15) is 13.2 Å². The molecule has 0 aliphatic heterocycles. The number of aromatic nitrogens is 1. The molecule has 1 aromatic heterocycles. The van der Waals surface area contributed by atoms with Crippen molar-refractivity contribution in [2.24, 2.45) is 0 Å². The van der Waals surface area contributed by atoms with Gasteiger partial charge in [-0.15, -0.1) is 0 Å². The molecule has 6 nitrogen and oxygen atoms in total. The molecule has 0 aromatic carbocycles. The van der Waals surface area contributed by atoms with Crippen molar-refractivity contribution in [2.45, 2.75) is 11.3 Å². The summed E-state index contributed by atoms with van der Waals surface area (Å²) in [7, 11) is 2.90. The smallest absolute Gasteiger partial charge is 0.267 e. The van der Waals surface area contributed by atoms with Crippen LogP contribution in [0.3, 0.4) is 0 Å². The second-order valence-corrected chi connectivity index (χ2v) is 5.86. The quantitative estimate of drug-likeness (QED) is 0.593. The van der Waals surface area contributed by atoms with Crippen molar-refractivity contribution >= 4 is 25.6 Å². The van der Waals surface area contributed by atoms with E-state index in [1.807, 2.05) is 0 Å². The lowest BCUT2D eigenvalue weighted by Gasteiger charge is -2.02. The van der Waals surface area contributed by atoms with E-state index in [0.717, 1.165) is 0 Å². The fraction of sp³-hybridized carbons (Fsp3) is 0.444. The Hall–Kier alpha value is -1.05. The van der Waals surface area contributed by atoms with Crippen LogP contribution in [0.5, 0.6) is 0 Å². The summed E-state index contributed by atoms with van der Waals surface area (Å²) in [6.45, 7) is 1.00. The number of hydrogen-bond acceptors (Lipinski definition) is 4. The van der Waals surface area contributed by atoms with Crippen LogP contribution < -0.4 is 5.32 Å². The van der Waals surface area contributed by atoms with Gasteiger partial charge in [-0.1, -0.05) is 0 Å². The molecular weight excluding hydrogens is 268 g/mol. The number of rotatable bonds is 6. The lowest BCUT2D eigenvalue weighted by Crippen LogP contribution is -2.25. The first-order valence-electron chi connectivity index (χ1n) is 4.85. The summed E-state index contributed by atoms with van der Waals surface area (Å²) in [6, 6.07) is 1.19. The summed E-state index contributed by atoms with van der Waals surface area (Å²) in [4.78, 5) is 13.9. The molecule has 0 atom stereocenters.